The van der Waals surface area contributed by atoms with Gasteiger partial charge in [0.2, 0.25) is 5.91 Å². The molecule has 2 heterocycles. The van der Waals surface area contributed by atoms with Gasteiger partial charge in [-0.2, -0.15) is 0 Å². The number of nitrogens with zero attached hydrogens (tertiary/aromatic N) is 2. The standard InChI is InChI=1S/C15H24N4O2/c1-11(19-7-5-3-4-6-8-19)15(21)16-10-13-9-14(20)18-12(2)17-13/h9,11H,3-8,10H2,1-2H3,(H,16,21)(H,17,18,20)/t11-/m0/s1. The van der Waals surface area contributed by atoms with Gasteiger partial charge in [-0.3, -0.25) is 14.5 Å². The predicted octanol–water partition coefficient (Wildman–Crippen LogP) is 0.959. The number of aryl methyl sites for hydroxylation is 1. The average molecular weight is 292 g/mol. The average Bonchev–Trinajstić information content (AvgIpc) is 2.72. The number of carbonyl (C=O) groups is 1. The Morgan fingerprint density at radius 1 is 1.38 bits per heavy atom. The summed E-state index contributed by atoms with van der Waals surface area (Å²) in [6.45, 7) is 5.93. The van der Waals surface area contributed by atoms with E-state index < -0.39 is 0 Å². The maximum absolute atomic E-state index is 12.2. The van der Waals surface area contributed by atoms with Crippen molar-refractivity contribution in [3.8, 4) is 0 Å². The van der Waals surface area contributed by atoms with Crippen molar-refractivity contribution in [2.45, 2.75) is 52.1 Å². The van der Waals surface area contributed by atoms with Gasteiger partial charge in [-0.1, -0.05) is 12.8 Å². The number of rotatable bonds is 4. The molecule has 116 valence electrons. The van der Waals surface area contributed by atoms with Crippen LogP contribution in [0.25, 0.3) is 0 Å². The van der Waals surface area contributed by atoms with Crippen LogP contribution in [0.5, 0.6) is 0 Å². The summed E-state index contributed by atoms with van der Waals surface area (Å²) in [4.78, 5) is 32.6. The first kappa shape index (κ1) is 15.7. The van der Waals surface area contributed by atoms with E-state index >= 15 is 0 Å². The van der Waals surface area contributed by atoms with Crippen molar-refractivity contribution in [2.75, 3.05) is 13.1 Å². The Labute approximate surface area is 125 Å². The minimum absolute atomic E-state index is 0.00312. The van der Waals surface area contributed by atoms with E-state index in [2.05, 4.69) is 20.2 Å². The lowest BCUT2D eigenvalue weighted by atomic mass is 10.2. The summed E-state index contributed by atoms with van der Waals surface area (Å²) < 4.78 is 0. The van der Waals surface area contributed by atoms with Crippen LogP contribution in [0.2, 0.25) is 0 Å². The molecule has 1 atom stereocenters. The molecule has 0 spiro atoms. The quantitative estimate of drug-likeness (QED) is 0.866. The van der Waals surface area contributed by atoms with Crippen LogP contribution in [0.15, 0.2) is 10.9 Å². The number of hydrogen-bond acceptors (Lipinski definition) is 4. The number of H-pyrrole nitrogens is 1. The summed E-state index contributed by atoms with van der Waals surface area (Å²) in [6, 6.07) is 1.29. The number of nitrogens with one attached hydrogen (secondary N) is 2. The maximum Gasteiger partial charge on any atom is 0.251 e. The Kier molecular flexibility index (Phi) is 5.50. The molecule has 1 amide bonds. The molecular weight excluding hydrogens is 268 g/mol. The first-order valence-electron chi connectivity index (χ1n) is 7.65. The molecule has 1 aromatic rings. The highest BCUT2D eigenvalue weighted by molar-refractivity contribution is 5.81. The molecule has 1 aliphatic heterocycles. The third kappa shape index (κ3) is 4.67. The Bertz CT molecular complexity index is 533. The SMILES string of the molecule is Cc1nc(CNC(=O)[C@H](C)N2CCCCCC2)cc(=O)[nH]1. The van der Waals surface area contributed by atoms with Gasteiger partial charge in [0.25, 0.3) is 5.56 Å². The van der Waals surface area contributed by atoms with E-state index in [4.69, 9.17) is 0 Å². The molecule has 0 bridgehead atoms. The molecule has 1 fully saturated rings. The topological polar surface area (TPSA) is 78.1 Å². The highest BCUT2D eigenvalue weighted by atomic mass is 16.2. The van der Waals surface area contributed by atoms with Gasteiger partial charge < -0.3 is 10.3 Å². The van der Waals surface area contributed by atoms with E-state index in [1.807, 2.05) is 6.92 Å². The molecule has 0 radical (unpaired) electrons. The van der Waals surface area contributed by atoms with Gasteiger partial charge in [-0.25, -0.2) is 4.98 Å². The van der Waals surface area contributed by atoms with Gasteiger partial charge in [0.15, 0.2) is 0 Å². The van der Waals surface area contributed by atoms with Gasteiger partial charge in [0.05, 0.1) is 18.3 Å². The van der Waals surface area contributed by atoms with E-state index in [1.165, 1.54) is 18.9 Å². The van der Waals surface area contributed by atoms with Gasteiger partial charge in [0.1, 0.15) is 5.82 Å². The van der Waals surface area contributed by atoms with Crippen LogP contribution in [-0.4, -0.2) is 39.9 Å². The Hall–Kier alpha value is -1.69. The van der Waals surface area contributed by atoms with Crippen LogP contribution in [0.4, 0.5) is 0 Å². The fourth-order valence-corrected chi connectivity index (χ4v) is 2.71. The molecule has 6 heteroatoms. The van der Waals surface area contributed by atoms with E-state index in [9.17, 15) is 9.59 Å². The molecule has 1 aromatic heterocycles. The zero-order chi connectivity index (χ0) is 15.2. The molecule has 6 nitrogen and oxygen atoms in total. The first-order chi connectivity index (χ1) is 10.1. The van der Waals surface area contributed by atoms with Crippen molar-refractivity contribution >= 4 is 5.91 Å². The molecular formula is C15H24N4O2. The summed E-state index contributed by atoms with van der Waals surface area (Å²) in [5.41, 5.74) is 0.403. The van der Waals surface area contributed by atoms with Crippen LogP contribution < -0.4 is 10.9 Å². The van der Waals surface area contributed by atoms with E-state index in [1.54, 1.807) is 6.92 Å². The number of aromatic amines is 1. The monoisotopic (exact) mass is 292 g/mol. The summed E-state index contributed by atoms with van der Waals surface area (Å²) in [7, 11) is 0. The maximum atomic E-state index is 12.2. The zero-order valence-corrected chi connectivity index (χ0v) is 12.8. The normalized spacial score (nSPS) is 18.0. The summed E-state index contributed by atoms with van der Waals surface area (Å²) >= 11 is 0. The third-order valence-electron chi connectivity index (χ3n) is 3.92. The fourth-order valence-electron chi connectivity index (χ4n) is 2.71. The number of aromatic nitrogens is 2. The Morgan fingerprint density at radius 2 is 2.05 bits per heavy atom. The second-order valence-electron chi connectivity index (χ2n) is 5.67. The van der Waals surface area contributed by atoms with E-state index in [-0.39, 0.29) is 17.5 Å². The lowest BCUT2D eigenvalue weighted by Crippen LogP contribution is -2.45. The van der Waals surface area contributed by atoms with Crippen LogP contribution in [0.1, 0.15) is 44.1 Å². The minimum Gasteiger partial charge on any atom is -0.349 e. The van der Waals surface area contributed by atoms with Crippen molar-refractivity contribution in [3.63, 3.8) is 0 Å². The third-order valence-corrected chi connectivity index (χ3v) is 3.92. The molecule has 0 aliphatic carbocycles. The molecule has 0 unspecified atom stereocenters. The second kappa shape index (κ2) is 7.36. The van der Waals surface area contributed by atoms with Crippen LogP contribution in [0.3, 0.4) is 0 Å². The summed E-state index contributed by atoms with van der Waals surface area (Å²) in [5, 5.41) is 2.87. The van der Waals surface area contributed by atoms with Crippen molar-refractivity contribution in [3.05, 3.63) is 27.9 Å². The fraction of sp³-hybridized carbons (Fsp3) is 0.667. The number of carbonyl (C=O) groups excluding carboxylic acids is 1. The largest absolute Gasteiger partial charge is 0.349 e. The molecule has 1 aliphatic rings. The van der Waals surface area contributed by atoms with Crippen LogP contribution >= 0.6 is 0 Å². The van der Waals surface area contributed by atoms with Crippen molar-refractivity contribution in [1.82, 2.24) is 20.2 Å². The van der Waals surface area contributed by atoms with Gasteiger partial charge in [-0.05, 0) is 39.8 Å². The minimum atomic E-state index is -0.188. The lowest BCUT2D eigenvalue weighted by Gasteiger charge is -2.26. The van der Waals surface area contributed by atoms with Gasteiger partial charge in [-0.15, -0.1) is 0 Å². The molecule has 1 saturated heterocycles. The molecule has 2 N–H and O–H groups in total. The highest BCUT2D eigenvalue weighted by Crippen LogP contribution is 2.12. The van der Waals surface area contributed by atoms with Crippen molar-refractivity contribution in [1.29, 1.82) is 0 Å². The molecule has 0 aromatic carbocycles. The number of amides is 1. The molecule has 2 rings (SSSR count). The smallest absolute Gasteiger partial charge is 0.251 e. The highest BCUT2D eigenvalue weighted by Gasteiger charge is 2.21. The Balaban J connectivity index is 1.89. The van der Waals surface area contributed by atoms with Gasteiger partial charge in [0, 0.05) is 6.07 Å². The van der Waals surface area contributed by atoms with E-state index in [0.29, 0.717) is 18.1 Å². The second-order valence-corrected chi connectivity index (χ2v) is 5.67. The van der Waals surface area contributed by atoms with E-state index in [0.717, 1.165) is 25.9 Å². The van der Waals surface area contributed by atoms with Gasteiger partial charge >= 0.3 is 0 Å². The molecule has 0 saturated carbocycles. The van der Waals surface area contributed by atoms with Crippen molar-refractivity contribution in [2.24, 2.45) is 0 Å². The van der Waals surface area contributed by atoms with Crippen LogP contribution in [-0.2, 0) is 11.3 Å². The Morgan fingerprint density at radius 3 is 2.67 bits per heavy atom. The van der Waals surface area contributed by atoms with Crippen molar-refractivity contribution < 1.29 is 4.79 Å². The number of hydrogen-bond donors (Lipinski definition) is 2. The lowest BCUT2D eigenvalue weighted by molar-refractivity contribution is -0.126. The predicted molar refractivity (Wildman–Crippen MR) is 80.9 cm³/mol. The van der Waals surface area contributed by atoms with Crippen LogP contribution in [0, 0.1) is 6.92 Å². The zero-order valence-electron chi connectivity index (χ0n) is 12.8. The number of likely N-dealkylation sites (tertiary alicyclic amines) is 1. The summed E-state index contributed by atoms with van der Waals surface area (Å²) in [6.07, 6.45) is 4.82. The first-order valence-corrected chi connectivity index (χ1v) is 7.65. The molecule has 21 heavy (non-hydrogen) atoms. The summed E-state index contributed by atoms with van der Waals surface area (Å²) in [5.74, 6) is 0.559.